The average Bonchev–Trinajstić information content (AvgIpc) is 2.25. The molecule has 0 aliphatic carbocycles. The molecule has 0 aromatic heterocycles. The number of hydrogen-bond acceptors (Lipinski definition) is 1. The lowest BCUT2D eigenvalue weighted by Gasteiger charge is -2.16. The molecule has 1 unspecified atom stereocenters. The highest BCUT2D eigenvalue weighted by Gasteiger charge is 2.12. The van der Waals surface area contributed by atoms with Crippen molar-refractivity contribution in [3.63, 3.8) is 0 Å². The first-order valence-electron chi connectivity index (χ1n) is 5.55. The van der Waals surface area contributed by atoms with Crippen molar-refractivity contribution in [1.82, 2.24) is 5.32 Å². The first kappa shape index (κ1) is 13.2. The minimum absolute atomic E-state index is 0.0139. The van der Waals surface area contributed by atoms with Crippen LogP contribution < -0.4 is 5.32 Å². The van der Waals surface area contributed by atoms with Crippen LogP contribution in [-0.4, -0.2) is 12.5 Å². The van der Waals surface area contributed by atoms with Gasteiger partial charge in [0.2, 0.25) is 0 Å². The van der Waals surface area contributed by atoms with Gasteiger partial charge < -0.3 is 5.32 Å². The van der Waals surface area contributed by atoms with Crippen molar-refractivity contribution in [2.24, 2.45) is 11.8 Å². The molecular weight excluding hydrogens is 266 g/mol. The molecule has 2 nitrogen and oxygen atoms in total. The van der Waals surface area contributed by atoms with Gasteiger partial charge in [-0.15, -0.1) is 0 Å². The molecule has 0 saturated heterocycles. The summed E-state index contributed by atoms with van der Waals surface area (Å²) in [5.41, 5.74) is 0.693. The number of halogens is 1. The van der Waals surface area contributed by atoms with Gasteiger partial charge in [0.15, 0.2) is 0 Å². The fourth-order valence-corrected chi connectivity index (χ4v) is 1.69. The van der Waals surface area contributed by atoms with Crippen LogP contribution in [-0.2, 0) is 0 Å². The summed E-state index contributed by atoms with van der Waals surface area (Å²) in [6, 6.07) is 7.46. The zero-order chi connectivity index (χ0) is 12.1. The Morgan fingerprint density at radius 1 is 1.31 bits per heavy atom. The molecule has 0 fully saturated rings. The first-order chi connectivity index (χ1) is 7.52. The summed E-state index contributed by atoms with van der Waals surface area (Å²) in [5.74, 6) is 1.06. The van der Waals surface area contributed by atoms with E-state index in [1.807, 2.05) is 24.3 Å². The largest absolute Gasteiger partial charge is 0.352 e. The molecule has 1 aromatic rings. The number of hydrogen-bond donors (Lipinski definition) is 1. The van der Waals surface area contributed by atoms with Crippen molar-refractivity contribution < 1.29 is 4.79 Å². The average molecular weight is 284 g/mol. The molecule has 3 heteroatoms. The Balaban J connectivity index is 2.57. The van der Waals surface area contributed by atoms with Crippen molar-refractivity contribution in [3.05, 3.63) is 34.3 Å². The van der Waals surface area contributed by atoms with Crippen LogP contribution in [0.2, 0.25) is 0 Å². The van der Waals surface area contributed by atoms with Crippen molar-refractivity contribution in [3.8, 4) is 0 Å². The lowest BCUT2D eigenvalue weighted by atomic mass is 9.98. The van der Waals surface area contributed by atoms with Gasteiger partial charge in [-0.3, -0.25) is 4.79 Å². The van der Waals surface area contributed by atoms with Gasteiger partial charge in [0.1, 0.15) is 0 Å². The Bertz CT molecular complexity index is 363. The zero-order valence-electron chi connectivity index (χ0n) is 9.96. The quantitative estimate of drug-likeness (QED) is 0.901. The van der Waals surface area contributed by atoms with Crippen LogP contribution in [0.25, 0.3) is 0 Å². The van der Waals surface area contributed by atoms with Crippen molar-refractivity contribution in [2.75, 3.05) is 6.54 Å². The molecule has 0 aliphatic heterocycles. The number of benzene rings is 1. The van der Waals surface area contributed by atoms with Crippen molar-refractivity contribution >= 4 is 21.8 Å². The van der Waals surface area contributed by atoms with Crippen LogP contribution in [0.4, 0.5) is 0 Å². The topological polar surface area (TPSA) is 29.1 Å². The molecule has 1 rings (SSSR count). The van der Waals surface area contributed by atoms with E-state index >= 15 is 0 Å². The van der Waals surface area contributed by atoms with E-state index in [-0.39, 0.29) is 5.91 Å². The fourth-order valence-electron chi connectivity index (χ4n) is 1.23. The smallest absolute Gasteiger partial charge is 0.252 e. The van der Waals surface area contributed by atoms with Crippen LogP contribution in [0.15, 0.2) is 28.7 Å². The van der Waals surface area contributed by atoms with Gasteiger partial charge in [-0.05, 0) is 39.9 Å². The minimum Gasteiger partial charge on any atom is -0.352 e. The predicted molar refractivity (Wildman–Crippen MR) is 70.5 cm³/mol. The van der Waals surface area contributed by atoms with Gasteiger partial charge in [-0.25, -0.2) is 0 Å². The van der Waals surface area contributed by atoms with E-state index in [9.17, 15) is 4.79 Å². The van der Waals surface area contributed by atoms with Gasteiger partial charge in [-0.1, -0.05) is 32.9 Å². The number of carbonyl (C=O) groups excluding carboxylic acids is 1. The molecule has 0 heterocycles. The van der Waals surface area contributed by atoms with Gasteiger partial charge in [0.05, 0.1) is 5.56 Å². The monoisotopic (exact) mass is 283 g/mol. The van der Waals surface area contributed by atoms with Crippen molar-refractivity contribution in [1.29, 1.82) is 0 Å². The summed E-state index contributed by atoms with van der Waals surface area (Å²) in [6.07, 6.45) is 0. The summed E-state index contributed by atoms with van der Waals surface area (Å²) in [4.78, 5) is 11.9. The normalized spacial score (nSPS) is 12.6. The van der Waals surface area contributed by atoms with E-state index in [2.05, 4.69) is 42.0 Å². The lowest BCUT2D eigenvalue weighted by molar-refractivity contribution is 0.0944. The predicted octanol–water partition coefficient (Wildman–Crippen LogP) is 3.47. The Kier molecular flexibility index (Phi) is 5.00. The third-order valence-corrected chi connectivity index (χ3v) is 3.53. The Labute approximate surface area is 106 Å². The fraction of sp³-hybridized carbons (Fsp3) is 0.462. The summed E-state index contributed by atoms with van der Waals surface area (Å²) in [7, 11) is 0. The molecule has 0 spiro atoms. The van der Waals surface area contributed by atoms with Crippen LogP contribution >= 0.6 is 15.9 Å². The molecule has 16 heavy (non-hydrogen) atoms. The molecule has 1 N–H and O–H groups in total. The van der Waals surface area contributed by atoms with E-state index in [0.29, 0.717) is 17.4 Å². The number of carbonyl (C=O) groups is 1. The summed E-state index contributed by atoms with van der Waals surface area (Å²) in [6.45, 7) is 7.19. The maximum Gasteiger partial charge on any atom is 0.252 e. The highest BCUT2D eigenvalue weighted by Crippen LogP contribution is 2.16. The molecule has 1 aromatic carbocycles. The number of amides is 1. The van der Waals surface area contributed by atoms with E-state index in [4.69, 9.17) is 0 Å². The maximum atomic E-state index is 11.9. The Morgan fingerprint density at radius 3 is 2.50 bits per heavy atom. The van der Waals surface area contributed by atoms with Crippen LogP contribution in [0.1, 0.15) is 31.1 Å². The SMILES string of the molecule is CC(C)C(C)CNC(=O)c1ccccc1Br. The molecule has 1 atom stereocenters. The van der Waals surface area contributed by atoms with Gasteiger partial charge in [0.25, 0.3) is 5.91 Å². The van der Waals surface area contributed by atoms with Crippen LogP contribution in [0.5, 0.6) is 0 Å². The minimum atomic E-state index is -0.0139. The summed E-state index contributed by atoms with van der Waals surface area (Å²) < 4.78 is 0.838. The second-order valence-electron chi connectivity index (χ2n) is 4.41. The van der Waals surface area contributed by atoms with E-state index < -0.39 is 0 Å². The van der Waals surface area contributed by atoms with E-state index in [1.165, 1.54) is 0 Å². The van der Waals surface area contributed by atoms with Crippen LogP contribution in [0.3, 0.4) is 0 Å². The zero-order valence-corrected chi connectivity index (χ0v) is 11.5. The maximum absolute atomic E-state index is 11.9. The summed E-state index contributed by atoms with van der Waals surface area (Å²) in [5, 5.41) is 2.95. The third kappa shape index (κ3) is 3.63. The Morgan fingerprint density at radius 2 is 1.94 bits per heavy atom. The third-order valence-electron chi connectivity index (χ3n) is 2.84. The standard InChI is InChI=1S/C13H18BrNO/c1-9(2)10(3)8-15-13(16)11-6-4-5-7-12(11)14/h4-7,9-10H,8H2,1-3H3,(H,15,16). The molecule has 0 radical (unpaired) electrons. The van der Waals surface area contributed by atoms with Gasteiger partial charge in [-0.2, -0.15) is 0 Å². The van der Waals surface area contributed by atoms with Crippen LogP contribution in [0, 0.1) is 11.8 Å². The second kappa shape index (κ2) is 6.04. The highest BCUT2D eigenvalue weighted by atomic mass is 79.9. The number of nitrogens with one attached hydrogen (secondary N) is 1. The Hall–Kier alpha value is -0.830. The number of rotatable bonds is 4. The molecule has 0 bridgehead atoms. The summed E-state index contributed by atoms with van der Waals surface area (Å²) >= 11 is 3.37. The first-order valence-corrected chi connectivity index (χ1v) is 6.34. The molecule has 88 valence electrons. The molecule has 1 amide bonds. The molecular formula is C13H18BrNO. The molecule has 0 saturated carbocycles. The van der Waals surface area contributed by atoms with Gasteiger partial charge in [0, 0.05) is 11.0 Å². The lowest BCUT2D eigenvalue weighted by Crippen LogP contribution is -2.30. The second-order valence-corrected chi connectivity index (χ2v) is 5.27. The van der Waals surface area contributed by atoms with E-state index in [1.54, 1.807) is 0 Å². The van der Waals surface area contributed by atoms with E-state index in [0.717, 1.165) is 11.0 Å². The van der Waals surface area contributed by atoms with Crippen molar-refractivity contribution in [2.45, 2.75) is 20.8 Å². The van der Waals surface area contributed by atoms with Gasteiger partial charge >= 0.3 is 0 Å². The molecule has 0 aliphatic rings. The highest BCUT2D eigenvalue weighted by molar-refractivity contribution is 9.10.